The number of pyridine rings is 1. The van der Waals surface area contributed by atoms with E-state index in [1.54, 1.807) is 0 Å². The summed E-state index contributed by atoms with van der Waals surface area (Å²) in [5.41, 5.74) is 8.52. The molecule has 138 valence electrons. The summed E-state index contributed by atoms with van der Waals surface area (Å²) in [6.45, 7) is 8.61. The fourth-order valence-corrected chi connectivity index (χ4v) is 4.61. The number of rotatable bonds is 4. The van der Waals surface area contributed by atoms with E-state index in [2.05, 4.69) is 16.7 Å². The van der Waals surface area contributed by atoms with Gasteiger partial charge >= 0.3 is 0 Å². The molecule has 3 aliphatic rings. The third-order valence-electron chi connectivity index (χ3n) is 6.30. The summed E-state index contributed by atoms with van der Waals surface area (Å²) in [6.07, 6.45) is 9.44. The zero-order valence-corrected chi connectivity index (χ0v) is 15.5. The van der Waals surface area contributed by atoms with Gasteiger partial charge in [0.1, 0.15) is 11.6 Å². The predicted molar refractivity (Wildman–Crippen MR) is 101 cm³/mol. The molecule has 1 saturated carbocycles. The van der Waals surface area contributed by atoms with Gasteiger partial charge in [0.25, 0.3) is 0 Å². The van der Waals surface area contributed by atoms with Crippen molar-refractivity contribution >= 4 is 5.82 Å². The van der Waals surface area contributed by atoms with Crippen LogP contribution in [0.3, 0.4) is 0 Å². The normalized spacial score (nSPS) is 27.2. The van der Waals surface area contributed by atoms with Crippen LogP contribution in [-0.2, 0) is 6.42 Å². The number of piperazine rings is 1. The SMILES string of the molecule is Cc1cnc(N2CCN(CC[C@H]3CC[C@H](N)CC3)CC2)c2c1OCC2. The lowest BCUT2D eigenvalue weighted by molar-refractivity contribution is 0.216. The molecule has 2 N–H and O–H groups in total. The number of aromatic nitrogens is 1. The van der Waals surface area contributed by atoms with E-state index in [4.69, 9.17) is 15.5 Å². The minimum Gasteiger partial charge on any atom is -0.492 e. The Morgan fingerprint density at radius 3 is 2.68 bits per heavy atom. The Morgan fingerprint density at radius 1 is 1.16 bits per heavy atom. The molecule has 2 fully saturated rings. The van der Waals surface area contributed by atoms with Crippen molar-refractivity contribution in [3.05, 3.63) is 17.3 Å². The van der Waals surface area contributed by atoms with E-state index in [0.29, 0.717) is 6.04 Å². The second kappa shape index (κ2) is 7.50. The molecule has 5 heteroatoms. The molecule has 0 amide bonds. The van der Waals surface area contributed by atoms with Crippen LogP contribution >= 0.6 is 0 Å². The lowest BCUT2D eigenvalue weighted by Gasteiger charge is -2.37. The first-order chi connectivity index (χ1) is 12.2. The monoisotopic (exact) mass is 344 g/mol. The average molecular weight is 345 g/mol. The van der Waals surface area contributed by atoms with E-state index in [0.717, 1.165) is 50.9 Å². The fourth-order valence-electron chi connectivity index (χ4n) is 4.61. The van der Waals surface area contributed by atoms with E-state index in [9.17, 15) is 0 Å². The number of anilines is 1. The smallest absolute Gasteiger partial charge is 0.135 e. The summed E-state index contributed by atoms with van der Waals surface area (Å²) in [5, 5.41) is 0. The van der Waals surface area contributed by atoms with Crippen molar-refractivity contribution in [1.82, 2.24) is 9.88 Å². The molecule has 0 spiro atoms. The highest BCUT2D eigenvalue weighted by atomic mass is 16.5. The van der Waals surface area contributed by atoms with Gasteiger partial charge in [-0.2, -0.15) is 0 Å². The van der Waals surface area contributed by atoms with Gasteiger partial charge in [-0.25, -0.2) is 4.98 Å². The minimum absolute atomic E-state index is 0.465. The number of fused-ring (bicyclic) bond motifs is 1. The van der Waals surface area contributed by atoms with Crippen molar-refractivity contribution in [1.29, 1.82) is 0 Å². The van der Waals surface area contributed by atoms with Gasteiger partial charge in [-0.05, 0) is 51.5 Å². The first-order valence-corrected chi connectivity index (χ1v) is 10.0. The standard InChI is InChI=1S/C20H32N4O/c1-15-14-22-20(18-7-13-25-19(15)18)24-11-9-23(10-12-24)8-6-16-2-4-17(21)5-3-16/h14,16-17H,2-13,21H2,1H3/t16-,17-. The van der Waals surface area contributed by atoms with Crippen molar-refractivity contribution in [2.24, 2.45) is 11.7 Å². The number of nitrogens with two attached hydrogens (primary N) is 1. The first kappa shape index (κ1) is 17.1. The van der Waals surface area contributed by atoms with Crippen molar-refractivity contribution in [3.8, 4) is 5.75 Å². The molecule has 2 aliphatic heterocycles. The highest BCUT2D eigenvalue weighted by molar-refractivity contribution is 5.58. The number of aryl methyl sites for hydroxylation is 1. The average Bonchev–Trinajstić information content (AvgIpc) is 3.13. The van der Waals surface area contributed by atoms with Gasteiger partial charge in [0.05, 0.1) is 6.61 Å². The molecule has 1 saturated heterocycles. The van der Waals surface area contributed by atoms with Crippen LogP contribution in [0.5, 0.6) is 5.75 Å². The number of hydrogen-bond acceptors (Lipinski definition) is 5. The van der Waals surface area contributed by atoms with Crippen LogP contribution in [0.2, 0.25) is 0 Å². The highest BCUT2D eigenvalue weighted by Crippen LogP contribution is 2.35. The quantitative estimate of drug-likeness (QED) is 0.909. The summed E-state index contributed by atoms with van der Waals surface area (Å²) in [7, 11) is 0. The van der Waals surface area contributed by atoms with Crippen molar-refractivity contribution in [2.45, 2.75) is 51.5 Å². The molecule has 0 radical (unpaired) electrons. The van der Waals surface area contributed by atoms with Crippen LogP contribution in [0.15, 0.2) is 6.20 Å². The maximum Gasteiger partial charge on any atom is 0.135 e. The summed E-state index contributed by atoms with van der Waals surface area (Å²) in [4.78, 5) is 9.84. The van der Waals surface area contributed by atoms with Crippen LogP contribution in [-0.4, -0.2) is 55.3 Å². The number of nitrogens with zero attached hydrogens (tertiary/aromatic N) is 3. The summed E-state index contributed by atoms with van der Waals surface area (Å²) < 4.78 is 5.81. The van der Waals surface area contributed by atoms with Gasteiger partial charge < -0.3 is 15.4 Å². The molecule has 0 bridgehead atoms. The van der Waals surface area contributed by atoms with Crippen LogP contribution in [0, 0.1) is 12.8 Å². The Bertz CT molecular complexity index is 590. The predicted octanol–water partition coefficient (Wildman–Crippen LogP) is 2.35. The Balaban J connectivity index is 1.28. The maximum absolute atomic E-state index is 6.02. The van der Waals surface area contributed by atoms with Crippen molar-refractivity contribution in [3.63, 3.8) is 0 Å². The Kier molecular flexibility index (Phi) is 5.13. The topological polar surface area (TPSA) is 54.6 Å². The van der Waals surface area contributed by atoms with E-state index in [-0.39, 0.29) is 0 Å². The molecular formula is C20H32N4O. The molecule has 1 aromatic heterocycles. The van der Waals surface area contributed by atoms with Gasteiger partial charge in [-0.1, -0.05) is 0 Å². The van der Waals surface area contributed by atoms with E-state index >= 15 is 0 Å². The van der Waals surface area contributed by atoms with Crippen LogP contribution in [0.4, 0.5) is 5.82 Å². The fraction of sp³-hybridized carbons (Fsp3) is 0.750. The van der Waals surface area contributed by atoms with Gasteiger partial charge in [0.15, 0.2) is 0 Å². The second-order valence-corrected chi connectivity index (χ2v) is 8.07. The number of ether oxygens (including phenoxy) is 1. The lowest BCUT2D eigenvalue weighted by Crippen LogP contribution is -2.47. The lowest BCUT2D eigenvalue weighted by atomic mass is 9.84. The highest BCUT2D eigenvalue weighted by Gasteiger charge is 2.26. The molecular weight excluding hydrogens is 312 g/mol. The van der Waals surface area contributed by atoms with E-state index in [1.807, 2.05) is 6.20 Å². The third kappa shape index (κ3) is 3.77. The third-order valence-corrected chi connectivity index (χ3v) is 6.30. The molecule has 3 heterocycles. The van der Waals surface area contributed by atoms with Crippen molar-refractivity contribution < 1.29 is 4.74 Å². The van der Waals surface area contributed by atoms with Crippen molar-refractivity contribution in [2.75, 3.05) is 44.2 Å². The van der Waals surface area contributed by atoms with Crippen LogP contribution in [0.1, 0.15) is 43.2 Å². The molecule has 25 heavy (non-hydrogen) atoms. The summed E-state index contributed by atoms with van der Waals surface area (Å²) in [6, 6.07) is 0.465. The maximum atomic E-state index is 6.02. The van der Waals surface area contributed by atoms with Gasteiger partial charge in [-0.15, -0.1) is 0 Å². The number of hydrogen-bond donors (Lipinski definition) is 1. The molecule has 0 aromatic carbocycles. The summed E-state index contributed by atoms with van der Waals surface area (Å²) in [5.74, 6) is 3.15. The van der Waals surface area contributed by atoms with Crippen LogP contribution in [0.25, 0.3) is 0 Å². The molecule has 1 aromatic rings. The minimum atomic E-state index is 0.465. The van der Waals surface area contributed by atoms with Crippen LogP contribution < -0.4 is 15.4 Å². The first-order valence-electron chi connectivity index (χ1n) is 10.0. The molecule has 0 unspecified atom stereocenters. The van der Waals surface area contributed by atoms with E-state index in [1.165, 1.54) is 55.6 Å². The van der Waals surface area contributed by atoms with Gasteiger partial charge in [0, 0.05) is 56.0 Å². The van der Waals surface area contributed by atoms with Gasteiger partial charge in [0.2, 0.25) is 0 Å². The molecule has 5 nitrogen and oxygen atoms in total. The molecule has 4 rings (SSSR count). The van der Waals surface area contributed by atoms with Gasteiger partial charge in [-0.3, -0.25) is 4.90 Å². The molecule has 1 aliphatic carbocycles. The molecule has 0 atom stereocenters. The Labute approximate surface area is 151 Å². The Hall–Kier alpha value is -1.33. The largest absolute Gasteiger partial charge is 0.492 e. The summed E-state index contributed by atoms with van der Waals surface area (Å²) >= 11 is 0. The zero-order valence-electron chi connectivity index (χ0n) is 15.5. The Morgan fingerprint density at radius 2 is 1.92 bits per heavy atom. The van der Waals surface area contributed by atoms with E-state index < -0.39 is 0 Å². The second-order valence-electron chi connectivity index (χ2n) is 8.07. The zero-order chi connectivity index (χ0) is 17.2.